The lowest BCUT2D eigenvalue weighted by atomic mass is 9.65. The second kappa shape index (κ2) is 4.70. The van der Waals surface area contributed by atoms with Crippen LogP contribution in [0.4, 0.5) is 0 Å². The molecule has 2 saturated carbocycles. The highest BCUT2D eigenvalue weighted by molar-refractivity contribution is 5.31. The highest BCUT2D eigenvalue weighted by Crippen LogP contribution is 2.44. The number of aryl methyl sites for hydroxylation is 2. The van der Waals surface area contributed by atoms with Crippen LogP contribution in [0, 0.1) is 19.3 Å². The normalized spacial score (nSPS) is 21.7. The second-order valence-electron chi connectivity index (χ2n) is 6.62. The first-order valence-electron chi connectivity index (χ1n) is 7.46. The number of hydrogen-bond acceptors (Lipinski definition) is 1. The van der Waals surface area contributed by atoms with Gasteiger partial charge in [-0.25, -0.2) is 0 Å². The molecule has 0 bridgehead atoms. The molecule has 1 heteroatoms. The van der Waals surface area contributed by atoms with Gasteiger partial charge in [0.15, 0.2) is 0 Å². The Kier molecular flexibility index (Phi) is 3.19. The van der Waals surface area contributed by atoms with Gasteiger partial charge in [-0.3, -0.25) is 0 Å². The SMILES string of the molecule is Cc1ccc(C)c(CC2(CNC3CC3)CCC2)c1. The zero-order valence-electron chi connectivity index (χ0n) is 11.8. The summed E-state index contributed by atoms with van der Waals surface area (Å²) in [5.41, 5.74) is 5.02. The van der Waals surface area contributed by atoms with E-state index in [-0.39, 0.29) is 0 Å². The van der Waals surface area contributed by atoms with E-state index < -0.39 is 0 Å². The van der Waals surface area contributed by atoms with Crippen LogP contribution in [0.1, 0.15) is 48.8 Å². The van der Waals surface area contributed by atoms with Gasteiger partial charge in [-0.2, -0.15) is 0 Å². The molecule has 1 N–H and O–H groups in total. The Morgan fingerprint density at radius 2 is 2.00 bits per heavy atom. The third-order valence-electron chi connectivity index (χ3n) is 4.83. The van der Waals surface area contributed by atoms with Crippen LogP contribution >= 0.6 is 0 Å². The topological polar surface area (TPSA) is 12.0 Å². The number of nitrogens with one attached hydrogen (secondary N) is 1. The summed E-state index contributed by atoms with van der Waals surface area (Å²) in [5, 5.41) is 3.75. The van der Waals surface area contributed by atoms with Crippen molar-refractivity contribution in [2.24, 2.45) is 5.41 Å². The van der Waals surface area contributed by atoms with E-state index in [2.05, 4.69) is 37.4 Å². The van der Waals surface area contributed by atoms with Gasteiger partial charge < -0.3 is 5.32 Å². The summed E-state index contributed by atoms with van der Waals surface area (Å²) in [7, 11) is 0. The molecule has 3 rings (SSSR count). The molecular weight excluding hydrogens is 218 g/mol. The van der Waals surface area contributed by atoms with Gasteiger partial charge in [0, 0.05) is 12.6 Å². The van der Waals surface area contributed by atoms with E-state index in [9.17, 15) is 0 Å². The van der Waals surface area contributed by atoms with Crippen molar-refractivity contribution in [3.8, 4) is 0 Å². The molecule has 18 heavy (non-hydrogen) atoms. The van der Waals surface area contributed by atoms with E-state index in [1.165, 1.54) is 56.2 Å². The van der Waals surface area contributed by atoms with Crippen LogP contribution in [-0.4, -0.2) is 12.6 Å². The molecule has 0 radical (unpaired) electrons. The van der Waals surface area contributed by atoms with Gasteiger partial charge in [0.05, 0.1) is 0 Å². The van der Waals surface area contributed by atoms with Crippen molar-refractivity contribution < 1.29 is 0 Å². The second-order valence-corrected chi connectivity index (χ2v) is 6.62. The highest BCUT2D eigenvalue weighted by Gasteiger charge is 2.38. The van der Waals surface area contributed by atoms with E-state index in [1.54, 1.807) is 5.56 Å². The molecule has 0 unspecified atom stereocenters. The van der Waals surface area contributed by atoms with Crippen LogP contribution in [0.2, 0.25) is 0 Å². The molecule has 0 atom stereocenters. The molecule has 0 aliphatic heterocycles. The quantitative estimate of drug-likeness (QED) is 0.830. The summed E-state index contributed by atoms with van der Waals surface area (Å²) in [5.74, 6) is 0. The first-order valence-corrected chi connectivity index (χ1v) is 7.46. The Morgan fingerprint density at radius 1 is 1.22 bits per heavy atom. The Bertz CT molecular complexity index is 427. The fourth-order valence-electron chi connectivity index (χ4n) is 3.14. The van der Waals surface area contributed by atoms with Gasteiger partial charge >= 0.3 is 0 Å². The van der Waals surface area contributed by atoms with Crippen molar-refractivity contribution in [3.05, 3.63) is 34.9 Å². The lowest BCUT2D eigenvalue weighted by molar-refractivity contribution is 0.129. The Morgan fingerprint density at radius 3 is 2.61 bits per heavy atom. The van der Waals surface area contributed by atoms with Crippen molar-refractivity contribution in [3.63, 3.8) is 0 Å². The molecule has 2 fully saturated rings. The molecule has 1 aromatic carbocycles. The molecule has 2 aliphatic rings. The summed E-state index contributed by atoms with van der Waals surface area (Å²) in [6.07, 6.45) is 8.34. The van der Waals surface area contributed by atoms with Crippen molar-refractivity contribution in [1.82, 2.24) is 5.32 Å². The molecule has 2 aliphatic carbocycles. The molecular formula is C17H25N. The van der Waals surface area contributed by atoms with Gasteiger partial charge in [0.1, 0.15) is 0 Å². The maximum atomic E-state index is 3.75. The predicted octanol–water partition coefficient (Wildman–Crippen LogP) is 3.77. The minimum atomic E-state index is 0.571. The molecule has 98 valence electrons. The fraction of sp³-hybridized carbons (Fsp3) is 0.647. The van der Waals surface area contributed by atoms with Crippen LogP contribution in [0.25, 0.3) is 0 Å². The van der Waals surface area contributed by atoms with Crippen molar-refractivity contribution in [2.75, 3.05) is 6.54 Å². The molecule has 0 aromatic heterocycles. The third-order valence-corrected chi connectivity index (χ3v) is 4.83. The molecule has 0 amide bonds. The van der Waals surface area contributed by atoms with Crippen molar-refractivity contribution in [1.29, 1.82) is 0 Å². The third kappa shape index (κ3) is 2.61. The molecule has 1 aromatic rings. The van der Waals surface area contributed by atoms with Gasteiger partial charge in [-0.05, 0) is 62.5 Å². The minimum absolute atomic E-state index is 0.571. The summed E-state index contributed by atoms with van der Waals surface area (Å²) in [6, 6.07) is 7.76. The van der Waals surface area contributed by atoms with Crippen LogP contribution in [0.5, 0.6) is 0 Å². The van der Waals surface area contributed by atoms with Crippen molar-refractivity contribution >= 4 is 0 Å². The van der Waals surface area contributed by atoms with E-state index in [1.807, 2.05) is 0 Å². The van der Waals surface area contributed by atoms with Gasteiger partial charge in [-0.1, -0.05) is 30.2 Å². The lowest BCUT2D eigenvalue weighted by Gasteiger charge is -2.43. The first kappa shape index (κ1) is 12.2. The summed E-state index contributed by atoms with van der Waals surface area (Å²) < 4.78 is 0. The number of benzene rings is 1. The predicted molar refractivity (Wildman–Crippen MR) is 76.9 cm³/mol. The zero-order chi connectivity index (χ0) is 12.6. The highest BCUT2D eigenvalue weighted by atomic mass is 15.0. The fourth-order valence-corrected chi connectivity index (χ4v) is 3.14. The van der Waals surface area contributed by atoms with E-state index in [0.717, 1.165) is 6.04 Å². The molecule has 1 nitrogen and oxygen atoms in total. The van der Waals surface area contributed by atoms with Crippen LogP contribution in [0.15, 0.2) is 18.2 Å². The standard InChI is InChI=1S/C17H25N/c1-13-4-5-14(2)15(10-13)11-17(8-3-9-17)12-18-16-6-7-16/h4-5,10,16,18H,3,6-9,11-12H2,1-2H3. The Hall–Kier alpha value is -0.820. The van der Waals surface area contributed by atoms with E-state index >= 15 is 0 Å². The monoisotopic (exact) mass is 243 g/mol. The Labute approximate surface area is 111 Å². The molecule has 0 spiro atoms. The average Bonchev–Trinajstić information content (AvgIpc) is 3.10. The summed E-state index contributed by atoms with van der Waals surface area (Å²) >= 11 is 0. The van der Waals surface area contributed by atoms with E-state index in [0.29, 0.717) is 5.41 Å². The van der Waals surface area contributed by atoms with Crippen molar-refractivity contribution in [2.45, 2.75) is 58.4 Å². The first-order chi connectivity index (χ1) is 8.67. The molecule has 0 heterocycles. The lowest BCUT2D eigenvalue weighted by Crippen LogP contribution is -2.42. The van der Waals surface area contributed by atoms with Gasteiger partial charge in [0.2, 0.25) is 0 Å². The van der Waals surface area contributed by atoms with Gasteiger partial charge in [0.25, 0.3) is 0 Å². The molecule has 0 saturated heterocycles. The Balaban J connectivity index is 1.69. The van der Waals surface area contributed by atoms with Gasteiger partial charge in [-0.15, -0.1) is 0 Å². The number of hydrogen-bond donors (Lipinski definition) is 1. The summed E-state index contributed by atoms with van der Waals surface area (Å²) in [4.78, 5) is 0. The zero-order valence-corrected chi connectivity index (χ0v) is 11.8. The maximum absolute atomic E-state index is 3.75. The summed E-state index contributed by atoms with van der Waals surface area (Å²) in [6.45, 7) is 5.71. The van der Waals surface area contributed by atoms with Crippen LogP contribution in [0.3, 0.4) is 0 Å². The smallest absolute Gasteiger partial charge is 0.00684 e. The largest absolute Gasteiger partial charge is 0.313 e. The average molecular weight is 243 g/mol. The van der Waals surface area contributed by atoms with Crippen LogP contribution < -0.4 is 5.32 Å². The maximum Gasteiger partial charge on any atom is 0.00684 e. The number of rotatable bonds is 5. The minimum Gasteiger partial charge on any atom is -0.313 e. The van der Waals surface area contributed by atoms with Crippen LogP contribution in [-0.2, 0) is 6.42 Å². The van der Waals surface area contributed by atoms with E-state index in [4.69, 9.17) is 0 Å².